The summed E-state index contributed by atoms with van der Waals surface area (Å²) in [6.07, 6.45) is 0. The molecule has 0 radical (unpaired) electrons. The van der Waals surface area contributed by atoms with Gasteiger partial charge in [0.15, 0.2) is 0 Å². The normalized spacial score (nSPS) is 14.6. The van der Waals surface area contributed by atoms with E-state index in [0.29, 0.717) is 0 Å². The van der Waals surface area contributed by atoms with Gasteiger partial charge in [-0.3, -0.25) is 0 Å². The van der Waals surface area contributed by atoms with Crippen molar-refractivity contribution in [2.45, 2.75) is 31.8 Å². The average Bonchev–Trinajstić information content (AvgIpc) is 2.92. The number of aromatic nitrogens is 2. The lowest BCUT2D eigenvalue weighted by molar-refractivity contribution is 0.376. The number of nitrogens with zero attached hydrogens (tertiary/aromatic N) is 3. The Kier molecular flexibility index (Phi) is 4.17. The van der Waals surface area contributed by atoms with Crippen molar-refractivity contribution < 1.29 is 0 Å². The molecule has 2 heterocycles. The summed E-state index contributed by atoms with van der Waals surface area (Å²) in [4.78, 5) is 6.15. The van der Waals surface area contributed by atoms with Crippen molar-refractivity contribution in [1.82, 2.24) is 13.9 Å². The van der Waals surface area contributed by atoms with E-state index < -0.39 is 0 Å². The Balaban J connectivity index is 1.59. The van der Waals surface area contributed by atoms with Gasteiger partial charge in [-0.2, -0.15) is 0 Å². The molecule has 0 saturated heterocycles. The molecule has 24 heavy (non-hydrogen) atoms. The Morgan fingerprint density at radius 1 is 0.958 bits per heavy atom. The third-order valence-corrected chi connectivity index (χ3v) is 5.46. The monoisotopic (exact) mass is 335 g/mol. The Morgan fingerprint density at radius 3 is 2.58 bits per heavy atom. The molecule has 2 aromatic carbocycles. The summed E-state index contributed by atoms with van der Waals surface area (Å²) in [5.41, 5.74) is 4.99. The van der Waals surface area contributed by atoms with E-state index in [1.54, 1.807) is 0 Å². The summed E-state index contributed by atoms with van der Waals surface area (Å²) in [5, 5.41) is 0. The van der Waals surface area contributed by atoms with Gasteiger partial charge < -0.3 is 4.57 Å². The van der Waals surface area contributed by atoms with Crippen molar-refractivity contribution in [3.63, 3.8) is 0 Å². The maximum Gasteiger partial charge on any atom is 0.140 e. The molecule has 0 atom stereocenters. The zero-order chi connectivity index (χ0) is 16.5. The molecular weight excluding hydrogens is 314 g/mol. The Hall–Kier alpha value is -2.04. The van der Waals surface area contributed by atoms with Crippen molar-refractivity contribution in [3.05, 3.63) is 71.5 Å². The number of aryl methyl sites for hydroxylation is 2. The van der Waals surface area contributed by atoms with Gasteiger partial charge in [-0.1, -0.05) is 42.5 Å². The smallest absolute Gasteiger partial charge is 0.140 e. The lowest BCUT2D eigenvalue weighted by Gasteiger charge is -2.28. The molecule has 0 aliphatic carbocycles. The van der Waals surface area contributed by atoms with Crippen LogP contribution in [-0.4, -0.2) is 20.4 Å². The minimum Gasteiger partial charge on any atom is -0.325 e. The second-order valence-corrected chi connectivity index (χ2v) is 7.43. The van der Waals surface area contributed by atoms with Gasteiger partial charge >= 0.3 is 0 Å². The molecule has 0 bridgehead atoms. The fourth-order valence-electron chi connectivity index (χ4n) is 3.21. The molecule has 4 rings (SSSR count). The summed E-state index contributed by atoms with van der Waals surface area (Å²) in [5.74, 6) is 1.10. The van der Waals surface area contributed by atoms with Crippen LogP contribution >= 0.6 is 11.9 Å². The number of benzene rings is 2. The highest BCUT2D eigenvalue weighted by atomic mass is 32.2. The standard InChI is InChI=1S/C20H21N3S/c1-15-7-6-10-18(13-15)24-22-11-12-23-19(14-22)16(2)21-20(23)17-8-4-3-5-9-17/h3-10,13H,11-12,14H2,1-2H3. The lowest BCUT2D eigenvalue weighted by atomic mass is 10.2. The molecule has 0 N–H and O–H groups in total. The zero-order valence-electron chi connectivity index (χ0n) is 14.1. The van der Waals surface area contributed by atoms with E-state index in [1.807, 2.05) is 11.9 Å². The molecule has 0 saturated carbocycles. The van der Waals surface area contributed by atoms with Crippen molar-refractivity contribution in [2.24, 2.45) is 0 Å². The molecule has 4 heteroatoms. The SMILES string of the molecule is Cc1cccc(SN2CCn3c(-c4ccccc4)nc(C)c3C2)c1. The number of rotatable bonds is 3. The van der Waals surface area contributed by atoms with E-state index in [-0.39, 0.29) is 0 Å². The largest absolute Gasteiger partial charge is 0.325 e. The van der Waals surface area contributed by atoms with Gasteiger partial charge in [-0.25, -0.2) is 9.29 Å². The maximum absolute atomic E-state index is 4.85. The van der Waals surface area contributed by atoms with Crippen LogP contribution in [0, 0.1) is 13.8 Å². The van der Waals surface area contributed by atoms with Crippen molar-refractivity contribution in [3.8, 4) is 11.4 Å². The summed E-state index contributed by atoms with van der Waals surface area (Å²) in [7, 11) is 0. The van der Waals surface area contributed by atoms with Gasteiger partial charge in [-0.05, 0) is 43.5 Å². The van der Waals surface area contributed by atoms with Crippen molar-refractivity contribution >= 4 is 11.9 Å². The van der Waals surface area contributed by atoms with Crippen LogP contribution in [0.25, 0.3) is 11.4 Å². The second-order valence-electron chi connectivity index (χ2n) is 6.26. The van der Waals surface area contributed by atoms with Crippen molar-refractivity contribution in [1.29, 1.82) is 0 Å². The van der Waals surface area contributed by atoms with Crippen LogP contribution in [0.4, 0.5) is 0 Å². The van der Waals surface area contributed by atoms with Crippen LogP contribution in [-0.2, 0) is 13.1 Å². The highest BCUT2D eigenvalue weighted by molar-refractivity contribution is 7.97. The Morgan fingerprint density at radius 2 is 1.79 bits per heavy atom. The van der Waals surface area contributed by atoms with Crippen LogP contribution < -0.4 is 0 Å². The predicted octanol–water partition coefficient (Wildman–Crippen LogP) is 4.69. The molecular formula is C20H21N3S. The maximum atomic E-state index is 4.85. The van der Waals surface area contributed by atoms with Gasteiger partial charge in [0.05, 0.1) is 17.9 Å². The molecule has 0 amide bonds. The zero-order valence-corrected chi connectivity index (χ0v) is 14.9. The number of fused-ring (bicyclic) bond motifs is 1. The highest BCUT2D eigenvalue weighted by Gasteiger charge is 2.23. The van der Waals surface area contributed by atoms with Crippen LogP contribution in [0.5, 0.6) is 0 Å². The van der Waals surface area contributed by atoms with Crippen LogP contribution in [0.1, 0.15) is 17.0 Å². The summed E-state index contributed by atoms with van der Waals surface area (Å²) in [6.45, 7) is 7.22. The van der Waals surface area contributed by atoms with E-state index >= 15 is 0 Å². The van der Waals surface area contributed by atoms with Crippen LogP contribution in [0.2, 0.25) is 0 Å². The van der Waals surface area contributed by atoms with E-state index in [9.17, 15) is 0 Å². The summed E-state index contributed by atoms with van der Waals surface area (Å²) in [6, 6.07) is 19.2. The van der Waals surface area contributed by atoms with Gasteiger partial charge in [0.25, 0.3) is 0 Å². The topological polar surface area (TPSA) is 21.1 Å². The molecule has 3 nitrogen and oxygen atoms in total. The molecule has 1 aliphatic heterocycles. The third-order valence-electron chi connectivity index (χ3n) is 4.43. The quantitative estimate of drug-likeness (QED) is 0.648. The molecule has 3 aromatic rings. The first-order valence-corrected chi connectivity index (χ1v) is 9.09. The predicted molar refractivity (Wildman–Crippen MR) is 99.8 cm³/mol. The highest BCUT2D eigenvalue weighted by Crippen LogP contribution is 2.31. The van der Waals surface area contributed by atoms with Gasteiger partial charge in [0, 0.05) is 23.5 Å². The molecule has 122 valence electrons. The van der Waals surface area contributed by atoms with Gasteiger partial charge in [-0.15, -0.1) is 0 Å². The second kappa shape index (κ2) is 6.46. The Bertz CT molecular complexity index is 855. The van der Waals surface area contributed by atoms with E-state index in [0.717, 1.165) is 31.2 Å². The lowest BCUT2D eigenvalue weighted by Crippen LogP contribution is -2.29. The minimum atomic E-state index is 0.935. The molecule has 0 unspecified atom stereocenters. The molecule has 1 aromatic heterocycles. The third kappa shape index (κ3) is 2.99. The Labute approximate surface area is 147 Å². The van der Waals surface area contributed by atoms with Gasteiger partial charge in [0.2, 0.25) is 0 Å². The summed E-state index contributed by atoms with van der Waals surface area (Å²) >= 11 is 1.85. The van der Waals surface area contributed by atoms with Gasteiger partial charge in [0.1, 0.15) is 5.82 Å². The fraction of sp³-hybridized carbons (Fsp3) is 0.250. The first-order valence-electron chi connectivity index (χ1n) is 8.32. The minimum absolute atomic E-state index is 0.935. The van der Waals surface area contributed by atoms with Crippen LogP contribution in [0.15, 0.2) is 59.5 Å². The molecule has 0 fully saturated rings. The molecule has 1 aliphatic rings. The summed E-state index contributed by atoms with van der Waals surface area (Å²) < 4.78 is 4.82. The first-order chi connectivity index (χ1) is 11.7. The first kappa shape index (κ1) is 15.5. The number of hydrogen-bond acceptors (Lipinski definition) is 3. The fourth-order valence-corrected chi connectivity index (χ4v) is 4.25. The average molecular weight is 335 g/mol. The van der Waals surface area contributed by atoms with E-state index in [4.69, 9.17) is 4.98 Å². The number of hydrogen-bond donors (Lipinski definition) is 0. The van der Waals surface area contributed by atoms with Crippen molar-refractivity contribution in [2.75, 3.05) is 6.54 Å². The van der Waals surface area contributed by atoms with Crippen LogP contribution in [0.3, 0.4) is 0 Å². The van der Waals surface area contributed by atoms with E-state index in [2.05, 4.69) is 77.3 Å². The van der Waals surface area contributed by atoms with E-state index in [1.165, 1.54) is 21.7 Å². The molecule has 0 spiro atoms. The number of imidazole rings is 1.